The van der Waals surface area contributed by atoms with Crippen molar-refractivity contribution < 1.29 is 4.79 Å². The van der Waals surface area contributed by atoms with Gasteiger partial charge in [-0.25, -0.2) is 4.98 Å². The number of amides is 1. The number of nitrogens with two attached hydrogens (primary N) is 1. The van der Waals surface area contributed by atoms with E-state index in [1.165, 1.54) is 6.20 Å². The molecule has 0 aliphatic rings. The highest BCUT2D eigenvalue weighted by Gasteiger charge is 2.08. The van der Waals surface area contributed by atoms with Gasteiger partial charge in [0.2, 0.25) is 0 Å². The van der Waals surface area contributed by atoms with Gasteiger partial charge in [0.25, 0.3) is 5.91 Å². The average molecular weight is 246 g/mol. The third-order valence-corrected chi connectivity index (χ3v) is 2.49. The molecule has 2 rings (SSSR count). The topological polar surface area (TPSA) is 97.9 Å². The van der Waals surface area contributed by atoms with Crippen molar-refractivity contribution in [2.24, 2.45) is 12.9 Å². The van der Waals surface area contributed by atoms with Gasteiger partial charge in [-0.15, -0.1) is 0 Å². The normalized spacial score (nSPS) is 10.1. The fraction of sp³-hybridized carbons (Fsp3) is 0.182. The van der Waals surface area contributed by atoms with E-state index < -0.39 is 0 Å². The molecule has 2 aromatic rings. The number of aromatic nitrogens is 3. The predicted octanol–water partition coefficient (Wildman–Crippen LogP) is 0.0307. The number of hydrogen-bond donors (Lipinski definition) is 3. The van der Waals surface area contributed by atoms with Crippen LogP contribution in [0.3, 0.4) is 0 Å². The number of pyridine rings is 1. The number of hydrogen-bond acceptors (Lipinski definition) is 5. The summed E-state index contributed by atoms with van der Waals surface area (Å²) in [6.45, 7) is 0.351. The number of nitrogens with one attached hydrogen (secondary N) is 2. The monoisotopic (exact) mass is 246 g/mol. The Labute approximate surface area is 104 Å². The average Bonchev–Trinajstić information content (AvgIpc) is 2.81. The van der Waals surface area contributed by atoms with E-state index in [1.807, 2.05) is 17.8 Å². The van der Waals surface area contributed by atoms with Gasteiger partial charge in [0.15, 0.2) is 0 Å². The van der Waals surface area contributed by atoms with Crippen molar-refractivity contribution in [2.45, 2.75) is 6.54 Å². The molecule has 4 N–H and O–H groups in total. The van der Waals surface area contributed by atoms with Crippen LogP contribution in [0.5, 0.6) is 0 Å². The molecular formula is C11H14N6O. The molecule has 0 saturated heterocycles. The van der Waals surface area contributed by atoms with Gasteiger partial charge < -0.3 is 15.3 Å². The van der Waals surface area contributed by atoms with E-state index in [4.69, 9.17) is 5.84 Å². The first-order valence-electron chi connectivity index (χ1n) is 5.38. The molecule has 0 radical (unpaired) electrons. The van der Waals surface area contributed by atoms with Crippen molar-refractivity contribution in [3.8, 4) is 0 Å². The molecule has 2 aromatic heterocycles. The van der Waals surface area contributed by atoms with E-state index in [-0.39, 0.29) is 5.91 Å². The smallest absolute Gasteiger partial charge is 0.270 e. The lowest BCUT2D eigenvalue weighted by molar-refractivity contribution is 0.0944. The molecule has 0 spiro atoms. The number of anilines is 1. The minimum Gasteiger partial charge on any atom is -0.343 e. The van der Waals surface area contributed by atoms with E-state index in [0.29, 0.717) is 17.9 Å². The van der Waals surface area contributed by atoms with Gasteiger partial charge in [0.05, 0.1) is 12.2 Å². The Kier molecular flexibility index (Phi) is 3.54. The van der Waals surface area contributed by atoms with Gasteiger partial charge >= 0.3 is 0 Å². The maximum atomic E-state index is 11.8. The van der Waals surface area contributed by atoms with Crippen molar-refractivity contribution in [3.63, 3.8) is 0 Å². The van der Waals surface area contributed by atoms with E-state index in [9.17, 15) is 4.79 Å². The second kappa shape index (κ2) is 5.28. The number of hydrazine groups is 1. The first-order chi connectivity index (χ1) is 8.70. The summed E-state index contributed by atoms with van der Waals surface area (Å²) in [5.74, 6) is 5.77. The quantitative estimate of drug-likeness (QED) is 0.522. The van der Waals surface area contributed by atoms with E-state index in [2.05, 4.69) is 20.7 Å². The zero-order valence-electron chi connectivity index (χ0n) is 9.92. The van der Waals surface area contributed by atoms with Crippen LogP contribution in [0.1, 0.15) is 16.3 Å². The molecule has 0 aliphatic heterocycles. The third kappa shape index (κ3) is 2.64. The second-order valence-electron chi connectivity index (χ2n) is 3.71. The van der Waals surface area contributed by atoms with Crippen LogP contribution in [-0.4, -0.2) is 20.4 Å². The summed E-state index contributed by atoms with van der Waals surface area (Å²) in [4.78, 5) is 19.9. The molecule has 7 nitrogen and oxygen atoms in total. The van der Waals surface area contributed by atoms with Crippen molar-refractivity contribution >= 4 is 11.6 Å². The van der Waals surface area contributed by atoms with Crippen LogP contribution in [0.25, 0.3) is 0 Å². The standard InChI is InChI=1S/C11H14N6O/c1-17-5-4-14-10(17)7-15-11(18)9-6-8(16-12)2-3-13-9/h2-6H,7,12H2,1H3,(H,13,16)(H,15,18). The summed E-state index contributed by atoms with van der Waals surface area (Å²) in [5, 5.41) is 2.74. The highest BCUT2D eigenvalue weighted by molar-refractivity contribution is 5.92. The van der Waals surface area contributed by atoms with Crippen LogP contribution in [0.2, 0.25) is 0 Å². The summed E-state index contributed by atoms with van der Waals surface area (Å²) in [5.41, 5.74) is 3.40. The maximum absolute atomic E-state index is 11.8. The molecular weight excluding hydrogens is 232 g/mol. The third-order valence-electron chi connectivity index (χ3n) is 2.49. The minimum atomic E-state index is -0.268. The van der Waals surface area contributed by atoms with Gasteiger partial charge in [-0.2, -0.15) is 0 Å². The van der Waals surface area contributed by atoms with Crippen molar-refractivity contribution in [2.75, 3.05) is 5.43 Å². The molecule has 7 heteroatoms. The van der Waals surface area contributed by atoms with Crippen molar-refractivity contribution in [3.05, 3.63) is 42.2 Å². The number of rotatable bonds is 4. The summed E-state index contributed by atoms with van der Waals surface area (Å²) < 4.78 is 1.84. The summed E-state index contributed by atoms with van der Waals surface area (Å²) >= 11 is 0. The summed E-state index contributed by atoms with van der Waals surface area (Å²) in [7, 11) is 1.87. The first-order valence-corrected chi connectivity index (χ1v) is 5.38. The fourth-order valence-electron chi connectivity index (χ4n) is 1.46. The SMILES string of the molecule is Cn1ccnc1CNC(=O)c1cc(NN)ccn1. The van der Waals surface area contributed by atoms with Crippen LogP contribution < -0.4 is 16.6 Å². The Bertz CT molecular complexity index is 550. The van der Waals surface area contributed by atoms with Crippen LogP contribution in [0, 0.1) is 0 Å². The Balaban J connectivity index is 2.01. The lowest BCUT2D eigenvalue weighted by Gasteiger charge is -2.06. The Hall–Kier alpha value is -2.41. The number of carbonyl (C=O) groups is 1. The lowest BCUT2D eigenvalue weighted by atomic mass is 10.3. The first kappa shape index (κ1) is 12.1. The molecule has 1 amide bonds. The Morgan fingerprint density at radius 1 is 1.44 bits per heavy atom. The molecule has 94 valence electrons. The van der Waals surface area contributed by atoms with E-state index in [1.54, 1.807) is 18.3 Å². The predicted molar refractivity (Wildman–Crippen MR) is 66.4 cm³/mol. The summed E-state index contributed by atoms with van der Waals surface area (Å²) in [6.07, 6.45) is 5.02. The number of aryl methyl sites for hydroxylation is 1. The van der Waals surface area contributed by atoms with Crippen LogP contribution in [0.15, 0.2) is 30.7 Å². The zero-order chi connectivity index (χ0) is 13.0. The molecule has 0 unspecified atom stereocenters. The fourth-order valence-corrected chi connectivity index (χ4v) is 1.46. The summed E-state index contributed by atoms with van der Waals surface area (Å²) in [6, 6.07) is 3.25. The highest BCUT2D eigenvalue weighted by atomic mass is 16.1. The molecule has 2 heterocycles. The Morgan fingerprint density at radius 2 is 2.28 bits per heavy atom. The largest absolute Gasteiger partial charge is 0.343 e. The van der Waals surface area contributed by atoms with Gasteiger partial charge in [0.1, 0.15) is 11.5 Å². The minimum absolute atomic E-state index is 0.268. The number of nitrogens with zero attached hydrogens (tertiary/aromatic N) is 3. The number of carbonyl (C=O) groups excluding carboxylic acids is 1. The molecule has 0 fully saturated rings. The number of imidazole rings is 1. The molecule has 0 aromatic carbocycles. The molecule has 0 bridgehead atoms. The van der Waals surface area contributed by atoms with Gasteiger partial charge in [-0.05, 0) is 12.1 Å². The molecule has 0 atom stereocenters. The van der Waals surface area contributed by atoms with Crippen molar-refractivity contribution in [1.82, 2.24) is 19.9 Å². The van der Waals surface area contributed by atoms with E-state index in [0.717, 1.165) is 5.82 Å². The van der Waals surface area contributed by atoms with Crippen LogP contribution in [0.4, 0.5) is 5.69 Å². The molecule has 0 saturated carbocycles. The Morgan fingerprint density at radius 3 is 2.94 bits per heavy atom. The van der Waals surface area contributed by atoms with Crippen molar-refractivity contribution in [1.29, 1.82) is 0 Å². The second-order valence-corrected chi connectivity index (χ2v) is 3.71. The van der Waals surface area contributed by atoms with Gasteiger partial charge in [-0.1, -0.05) is 0 Å². The van der Waals surface area contributed by atoms with Gasteiger partial charge in [0, 0.05) is 25.6 Å². The lowest BCUT2D eigenvalue weighted by Crippen LogP contribution is -2.25. The zero-order valence-corrected chi connectivity index (χ0v) is 9.92. The van der Waals surface area contributed by atoms with E-state index >= 15 is 0 Å². The van der Waals surface area contributed by atoms with Crippen LogP contribution in [-0.2, 0) is 13.6 Å². The van der Waals surface area contributed by atoms with Crippen LogP contribution >= 0.6 is 0 Å². The highest BCUT2D eigenvalue weighted by Crippen LogP contribution is 2.06. The maximum Gasteiger partial charge on any atom is 0.270 e. The number of nitrogen functional groups attached to an aromatic ring is 1. The molecule has 0 aliphatic carbocycles. The van der Waals surface area contributed by atoms with Gasteiger partial charge in [-0.3, -0.25) is 15.6 Å². The molecule has 18 heavy (non-hydrogen) atoms.